The van der Waals surface area contributed by atoms with E-state index in [2.05, 4.69) is 0 Å². The molecular weight excluding hydrogens is 379 g/mol. The van der Waals surface area contributed by atoms with Crippen LogP contribution < -0.4 is 20.4 Å². The van der Waals surface area contributed by atoms with Crippen molar-refractivity contribution >= 4 is 23.9 Å². The average Bonchev–Trinajstić information content (AvgIpc) is 2.35. The van der Waals surface area contributed by atoms with Crippen LogP contribution in [-0.4, -0.2) is 68.7 Å². The fourth-order valence-corrected chi connectivity index (χ4v) is 0.516. The quantitative estimate of drug-likeness (QED) is 0.332. The molecule has 0 aromatic heterocycles. The molecule has 12 nitrogen and oxygen atoms in total. The second kappa shape index (κ2) is 11.3. The first kappa shape index (κ1) is 24.6. The first-order valence-corrected chi connectivity index (χ1v) is 4.49. The molecule has 0 amide bonds. The van der Waals surface area contributed by atoms with E-state index >= 15 is 0 Å². The summed E-state index contributed by atoms with van der Waals surface area (Å²) >= 11 is 0. The topological polar surface area (TPSA) is 241 Å². The number of carboxylic acids is 4. The zero-order valence-corrected chi connectivity index (χ0v) is 12.3. The largest absolute Gasteiger partial charge is 4.00 e. The van der Waals surface area contributed by atoms with Crippen molar-refractivity contribution in [3.8, 4) is 0 Å². The number of carboxylic acid groups (broad SMARTS) is 4. The summed E-state index contributed by atoms with van der Waals surface area (Å²) in [4.78, 5) is 38.5. The molecule has 0 aromatic rings. The predicted molar refractivity (Wildman–Crippen MR) is 44.1 cm³/mol. The maximum absolute atomic E-state index is 9.63. The molecule has 0 bridgehead atoms. The Morgan fingerprint density at radius 3 is 0.667 bits per heavy atom. The van der Waals surface area contributed by atoms with Gasteiger partial charge in [-0.15, -0.1) is 0 Å². The van der Waals surface area contributed by atoms with Crippen LogP contribution in [0.1, 0.15) is 0 Å². The van der Waals surface area contributed by atoms with E-state index in [1.165, 1.54) is 0 Å². The van der Waals surface area contributed by atoms with Gasteiger partial charge in [0, 0.05) is 0 Å². The van der Waals surface area contributed by atoms with Crippen molar-refractivity contribution in [3.05, 3.63) is 0 Å². The zero-order valence-electron chi connectivity index (χ0n) is 9.86. The molecule has 116 valence electrons. The van der Waals surface area contributed by atoms with Crippen LogP contribution >= 0.6 is 0 Å². The van der Waals surface area contributed by atoms with Gasteiger partial charge in [-0.1, -0.05) is 0 Å². The average molecular weight is 387 g/mol. The summed E-state index contributed by atoms with van der Waals surface area (Å²) in [6, 6.07) is 0. The molecule has 0 aliphatic rings. The normalized spacial score (nSPS) is 15.0. The Labute approximate surface area is 135 Å². The third-order valence-corrected chi connectivity index (χ3v) is 1.56. The van der Waals surface area contributed by atoms with Crippen LogP contribution in [0.4, 0.5) is 0 Å². The van der Waals surface area contributed by atoms with Crippen LogP contribution in [0.3, 0.4) is 0 Å². The van der Waals surface area contributed by atoms with Crippen LogP contribution in [0.5, 0.6) is 0 Å². The molecule has 4 N–H and O–H groups in total. The maximum Gasteiger partial charge on any atom is 4.00 e. The van der Waals surface area contributed by atoms with Crippen LogP contribution in [0, 0.1) is 0 Å². The van der Waals surface area contributed by atoms with Crippen LogP contribution in [0.2, 0.25) is 0 Å². The molecule has 0 radical (unpaired) electrons. The second-order valence-corrected chi connectivity index (χ2v) is 3.06. The second-order valence-electron chi connectivity index (χ2n) is 3.06. The van der Waals surface area contributed by atoms with Crippen molar-refractivity contribution in [2.45, 2.75) is 24.4 Å². The Bertz CT molecular complexity index is 309. The molecule has 0 aliphatic heterocycles. The van der Waals surface area contributed by atoms with Crippen LogP contribution in [0.15, 0.2) is 0 Å². The molecule has 21 heavy (non-hydrogen) atoms. The van der Waals surface area contributed by atoms with E-state index < -0.39 is 48.3 Å². The number of aliphatic carboxylic acids is 4. The van der Waals surface area contributed by atoms with E-state index in [1.54, 1.807) is 0 Å². The molecule has 0 fully saturated rings. The van der Waals surface area contributed by atoms with Crippen LogP contribution in [-0.2, 0) is 45.4 Å². The molecule has 0 saturated carbocycles. The number of carbonyl (C=O) groups is 4. The van der Waals surface area contributed by atoms with Gasteiger partial charge in [0.15, 0.2) is 0 Å². The summed E-state index contributed by atoms with van der Waals surface area (Å²) in [7, 11) is 0. The van der Waals surface area contributed by atoms with Gasteiger partial charge in [-0.2, -0.15) is 0 Å². The number of aliphatic hydroxyl groups is 4. The monoisotopic (exact) mass is 386 g/mol. The number of aliphatic hydroxyl groups excluding tert-OH is 4. The predicted octanol–water partition coefficient (Wildman–Crippen LogP) is -9.59. The maximum atomic E-state index is 9.63. The molecule has 13 heteroatoms. The van der Waals surface area contributed by atoms with Crippen molar-refractivity contribution < 1.29 is 86.2 Å². The van der Waals surface area contributed by atoms with Gasteiger partial charge >= 0.3 is 26.2 Å². The van der Waals surface area contributed by atoms with Gasteiger partial charge in [0.2, 0.25) is 0 Å². The SMILES string of the molecule is O=C([O-])C(O)C(O)C(=O)[O-].O=C([O-])C(O)C(O)C(=O)[O-].[Zr+4]. The summed E-state index contributed by atoms with van der Waals surface area (Å²) < 4.78 is 0. The molecule has 4 atom stereocenters. The Kier molecular flexibility index (Phi) is 13.2. The zero-order chi connectivity index (χ0) is 16.6. The van der Waals surface area contributed by atoms with E-state index in [-0.39, 0.29) is 26.2 Å². The molecule has 0 spiro atoms. The minimum atomic E-state index is -2.44. The molecule has 0 saturated heterocycles. The molecule has 0 aliphatic carbocycles. The Morgan fingerprint density at radius 2 is 0.619 bits per heavy atom. The number of carbonyl (C=O) groups excluding carboxylic acids is 4. The Hall–Kier alpha value is -1.40. The van der Waals surface area contributed by atoms with Gasteiger partial charge < -0.3 is 60.0 Å². The van der Waals surface area contributed by atoms with Gasteiger partial charge in [-0.3, -0.25) is 0 Å². The van der Waals surface area contributed by atoms with Crippen molar-refractivity contribution in [3.63, 3.8) is 0 Å². The summed E-state index contributed by atoms with van der Waals surface area (Å²) in [6.45, 7) is 0. The Morgan fingerprint density at radius 1 is 0.524 bits per heavy atom. The molecule has 0 aromatic carbocycles. The summed E-state index contributed by atoms with van der Waals surface area (Å²) in [6.07, 6.45) is -9.76. The third kappa shape index (κ3) is 10.0. The van der Waals surface area contributed by atoms with E-state index in [9.17, 15) is 39.6 Å². The third-order valence-electron chi connectivity index (χ3n) is 1.56. The number of hydrogen-bond donors (Lipinski definition) is 4. The molecular formula is C8H8O12Zr. The van der Waals surface area contributed by atoms with E-state index in [0.29, 0.717) is 0 Å². The first-order valence-electron chi connectivity index (χ1n) is 4.49. The number of hydrogen-bond acceptors (Lipinski definition) is 12. The van der Waals surface area contributed by atoms with Gasteiger partial charge in [-0.05, 0) is 0 Å². The van der Waals surface area contributed by atoms with Crippen molar-refractivity contribution in [1.82, 2.24) is 0 Å². The van der Waals surface area contributed by atoms with Gasteiger partial charge in [-0.25, -0.2) is 0 Å². The summed E-state index contributed by atoms with van der Waals surface area (Å²) in [5, 5.41) is 71.5. The van der Waals surface area contributed by atoms with E-state index in [0.717, 1.165) is 0 Å². The van der Waals surface area contributed by atoms with Gasteiger partial charge in [0.25, 0.3) is 0 Å². The number of rotatable bonds is 6. The van der Waals surface area contributed by atoms with Crippen molar-refractivity contribution in [2.75, 3.05) is 0 Å². The summed E-state index contributed by atoms with van der Waals surface area (Å²) in [5.41, 5.74) is 0. The summed E-state index contributed by atoms with van der Waals surface area (Å²) in [5.74, 6) is -8.23. The fourth-order valence-electron chi connectivity index (χ4n) is 0.516. The smallest absolute Gasteiger partial charge is 0.547 e. The first-order chi connectivity index (χ1) is 8.93. The van der Waals surface area contributed by atoms with Crippen molar-refractivity contribution in [2.24, 2.45) is 0 Å². The Balaban J connectivity index is -0.000000295. The van der Waals surface area contributed by atoms with Gasteiger partial charge in [0.1, 0.15) is 24.4 Å². The molecule has 4 unspecified atom stereocenters. The minimum absolute atomic E-state index is 0. The van der Waals surface area contributed by atoms with Crippen molar-refractivity contribution in [1.29, 1.82) is 0 Å². The standard InChI is InChI=1S/2C4H6O6.Zr/c2*5-1(3(7)8)2(6)4(9)10;/h2*1-2,5-6H,(H,7,8)(H,9,10);/q;;+4/p-4. The van der Waals surface area contributed by atoms with Crippen LogP contribution in [0.25, 0.3) is 0 Å². The fraction of sp³-hybridized carbons (Fsp3) is 0.500. The minimum Gasteiger partial charge on any atom is -0.547 e. The molecule has 0 heterocycles. The molecule has 0 rings (SSSR count). The van der Waals surface area contributed by atoms with E-state index in [4.69, 9.17) is 20.4 Å². The van der Waals surface area contributed by atoms with Gasteiger partial charge in [0.05, 0.1) is 23.9 Å². The van der Waals surface area contributed by atoms with E-state index in [1.807, 2.05) is 0 Å².